The fourth-order valence-corrected chi connectivity index (χ4v) is 0.778. The summed E-state index contributed by atoms with van der Waals surface area (Å²) in [5, 5.41) is 0. The van der Waals surface area contributed by atoms with Gasteiger partial charge in [0, 0.05) is 0 Å². The number of rotatable bonds is 0. The number of allylic oxidation sites excluding steroid dienone is 4. The number of hydrogen-bond donors (Lipinski definition) is 0. The molecule has 0 spiro atoms. The monoisotopic (exact) mass is 275 g/mol. The van der Waals surface area contributed by atoms with Gasteiger partial charge in [-0.3, -0.25) is 6.08 Å². The zero-order valence-corrected chi connectivity index (χ0v) is 11.2. The van der Waals surface area contributed by atoms with Gasteiger partial charge in [0.2, 0.25) is 0 Å². The largest absolute Gasteiger partial charge is 4.00 e. The van der Waals surface area contributed by atoms with Gasteiger partial charge in [-0.25, -0.2) is 12.2 Å². The average molecular weight is 276 g/mol. The van der Waals surface area contributed by atoms with Gasteiger partial charge < -0.3 is 30.5 Å². The molecule has 1 aliphatic rings. The van der Waals surface area contributed by atoms with Crippen LogP contribution in [0.4, 0.5) is 5.69 Å². The third-order valence-electron chi connectivity index (χ3n) is 1.36. The van der Waals surface area contributed by atoms with Crippen LogP contribution in [-0.2, 0) is 21.7 Å². The standard InChI is InChI=1S/C6H6N.C5H5.2ClH.Ti/c7-6-4-2-1-3-5-6;1-2-4-5-3-1;;;/h1-5,7H;1-3H,4H2;2*1H;/q2*-1;;;+4/p-2. The Balaban J connectivity index is -0.000000165. The van der Waals surface area contributed by atoms with Crippen molar-refractivity contribution in [1.82, 2.24) is 0 Å². The maximum absolute atomic E-state index is 7.00. The van der Waals surface area contributed by atoms with Crippen molar-refractivity contribution in [3.63, 3.8) is 0 Å². The molecule has 15 heavy (non-hydrogen) atoms. The normalized spacial score (nSPS) is 9.87. The molecule has 0 saturated carbocycles. The Hall–Kier alpha value is -0.206. The minimum Gasteiger partial charge on any atom is -1.00 e. The van der Waals surface area contributed by atoms with Crippen LogP contribution in [0.3, 0.4) is 0 Å². The number of halogens is 2. The van der Waals surface area contributed by atoms with E-state index in [1.54, 1.807) is 12.1 Å². The van der Waals surface area contributed by atoms with Gasteiger partial charge in [0.05, 0.1) is 0 Å². The van der Waals surface area contributed by atoms with Crippen LogP contribution in [-0.4, -0.2) is 0 Å². The van der Waals surface area contributed by atoms with Crippen molar-refractivity contribution in [1.29, 1.82) is 0 Å². The summed E-state index contributed by atoms with van der Waals surface area (Å²) in [7, 11) is 0. The molecule has 0 fully saturated rings. The number of nitrogens with one attached hydrogen (secondary N) is 1. The predicted octanol–water partition coefficient (Wildman–Crippen LogP) is -2.32. The second-order valence-electron chi connectivity index (χ2n) is 2.37. The Morgan fingerprint density at radius 3 is 1.87 bits per heavy atom. The van der Waals surface area contributed by atoms with Crippen molar-refractivity contribution in [2.75, 3.05) is 0 Å². The van der Waals surface area contributed by atoms with E-state index in [0.717, 1.165) is 6.42 Å². The molecule has 78 valence electrons. The van der Waals surface area contributed by atoms with Gasteiger partial charge in [-0.05, 0) is 0 Å². The summed E-state index contributed by atoms with van der Waals surface area (Å²) in [6, 6.07) is 9.10. The summed E-state index contributed by atoms with van der Waals surface area (Å²) in [5.41, 5.74) is 7.57. The predicted molar refractivity (Wildman–Crippen MR) is 52.0 cm³/mol. The molecule has 0 radical (unpaired) electrons. The molecular weight excluding hydrogens is 265 g/mol. The molecule has 1 nitrogen and oxygen atoms in total. The Labute approximate surface area is 119 Å². The van der Waals surface area contributed by atoms with E-state index >= 15 is 0 Å². The van der Waals surface area contributed by atoms with Crippen LogP contribution in [0, 0.1) is 6.08 Å². The molecule has 0 saturated heterocycles. The van der Waals surface area contributed by atoms with Gasteiger partial charge in [-0.15, -0.1) is 12.1 Å². The topological polar surface area (TPSA) is 23.8 Å². The SMILES string of the molecule is [C-]1=CC=CC1.[Cl-].[Cl-].[NH-]c1ccccc1.[Ti+4]. The van der Waals surface area contributed by atoms with E-state index in [-0.39, 0.29) is 46.5 Å². The molecule has 1 aromatic carbocycles. The Morgan fingerprint density at radius 2 is 1.67 bits per heavy atom. The molecule has 0 aromatic heterocycles. The maximum atomic E-state index is 7.00. The van der Waals surface area contributed by atoms with E-state index in [1.807, 2.05) is 30.4 Å². The summed E-state index contributed by atoms with van der Waals surface area (Å²) >= 11 is 0. The third-order valence-corrected chi connectivity index (χ3v) is 1.36. The first-order valence-electron chi connectivity index (χ1n) is 3.88. The Kier molecular flexibility index (Phi) is 18.6. The van der Waals surface area contributed by atoms with Crippen molar-refractivity contribution < 1.29 is 46.5 Å². The molecule has 1 N–H and O–H groups in total. The molecule has 0 heterocycles. The van der Waals surface area contributed by atoms with Gasteiger partial charge >= 0.3 is 21.7 Å². The Morgan fingerprint density at radius 1 is 1.07 bits per heavy atom. The van der Waals surface area contributed by atoms with E-state index < -0.39 is 0 Å². The summed E-state index contributed by atoms with van der Waals surface area (Å²) in [4.78, 5) is 0. The summed E-state index contributed by atoms with van der Waals surface area (Å²) in [6.07, 6.45) is 10.0. The van der Waals surface area contributed by atoms with Gasteiger partial charge in [0.15, 0.2) is 0 Å². The number of benzene rings is 1. The number of hydrogen-bond acceptors (Lipinski definition) is 0. The van der Waals surface area contributed by atoms with Crippen molar-refractivity contribution in [2.24, 2.45) is 0 Å². The van der Waals surface area contributed by atoms with Gasteiger partial charge in [-0.1, -0.05) is 30.3 Å². The summed E-state index contributed by atoms with van der Waals surface area (Å²) in [6.45, 7) is 0. The van der Waals surface area contributed by atoms with Crippen molar-refractivity contribution in [2.45, 2.75) is 6.42 Å². The van der Waals surface area contributed by atoms with Crippen LogP contribution >= 0.6 is 0 Å². The summed E-state index contributed by atoms with van der Waals surface area (Å²) in [5.74, 6) is 0. The molecule has 0 aliphatic heterocycles. The zero-order valence-electron chi connectivity index (χ0n) is 8.08. The van der Waals surface area contributed by atoms with Crippen molar-refractivity contribution in [3.8, 4) is 0 Å². The van der Waals surface area contributed by atoms with Gasteiger partial charge in [0.1, 0.15) is 0 Å². The molecule has 2 rings (SSSR count). The van der Waals surface area contributed by atoms with Crippen LogP contribution in [0.1, 0.15) is 6.42 Å². The molecule has 0 amide bonds. The van der Waals surface area contributed by atoms with Crippen LogP contribution in [0.15, 0.2) is 48.6 Å². The van der Waals surface area contributed by atoms with Crippen LogP contribution in [0.5, 0.6) is 0 Å². The van der Waals surface area contributed by atoms with Crippen LogP contribution in [0.2, 0.25) is 0 Å². The first-order chi connectivity index (χ1) is 5.89. The molecule has 1 aromatic rings. The van der Waals surface area contributed by atoms with Crippen LogP contribution in [0.25, 0.3) is 5.73 Å². The zero-order chi connectivity index (χ0) is 8.65. The van der Waals surface area contributed by atoms with Gasteiger partial charge in [-0.2, -0.15) is 6.08 Å². The first-order valence-corrected chi connectivity index (χ1v) is 3.88. The van der Waals surface area contributed by atoms with E-state index in [0.29, 0.717) is 5.69 Å². The van der Waals surface area contributed by atoms with E-state index in [2.05, 4.69) is 12.2 Å². The fraction of sp³-hybridized carbons (Fsp3) is 0.0909. The molecule has 0 bridgehead atoms. The molecular formula is C11H11Cl2NTi. The molecule has 0 unspecified atom stereocenters. The van der Waals surface area contributed by atoms with Gasteiger partial charge in [0.25, 0.3) is 0 Å². The minimum absolute atomic E-state index is 0. The second kappa shape index (κ2) is 13.8. The van der Waals surface area contributed by atoms with Crippen molar-refractivity contribution in [3.05, 3.63) is 60.4 Å². The fourth-order valence-electron chi connectivity index (χ4n) is 0.778. The second-order valence-corrected chi connectivity index (χ2v) is 2.37. The quantitative estimate of drug-likeness (QED) is 0.375. The summed E-state index contributed by atoms with van der Waals surface area (Å²) < 4.78 is 0. The Bertz CT molecular complexity index is 263. The van der Waals surface area contributed by atoms with E-state index in [1.165, 1.54) is 0 Å². The third kappa shape index (κ3) is 11.7. The molecule has 0 atom stereocenters. The first kappa shape index (κ1) is 20.2. The van der Waals surface area contributed by atoms with E-state index in [9.17, 15) is 0 Å². The van der Waals surface area contributed by atoms with E-state index in [4.69, 9.17) is 5.73 Å². The van der Waals surface area contributed by atoms with Crippen molar-refractivity contribution >= 4 is 5.69 Å². The average Bonchev–Trinajstić information content (AvgIpc) is 2.62. The maximum Gasteiger partial charge on any atom is 4.00 e. The molecule has 4 heteroatoms. The molecule has 1 aliphatic carbocycles. The smallest absolute Gasteiger partial charge is 1.00 e. The van der Waals surface area contributed by atoms with Crippen LogP contribution < -0.4 is 24.8 Å². The minimum atomic E-state index is 0.